The first-order valence-corrected chi connectivity index (χ1v) is 7.08. The Morgan fingerprint density at radius 2 is 2.10 bits per heavy atom. The minimum Gasteiger partial charge on any atom is -0.406 e. The van der Waals surface area contributed by atoms with Crippen molar-refractivity contribution in [3.05, 3.63) is 24.3 Å². The summed E-state index contributed by atoms with van der Waals surface area (Å²) in [5.74, 6) is -0.175. The molecule has 3 nitrogen and oxygen atoms in total. The van der Waals surface area contributed by atoms with Gasteiger partial charge < -0.3 is 15.0 Å². The second-order valence-corrected chi connectivity index (χ2v) is 6.00. The van der Waals surface area contributed by atoms with Crippen LogP contribution >= 0.6 is 0 Å². The van der Waals surface area contributed by atoms with Gasteiger partial charge in [0.2, 0.25) is 0 Å². The largest absolute Gasteiger partial charge is 0.573 e. The van der Waals surface area contributed by atoms with Gasteiger partial charge in [0.15, 0.2) is 0 Å². The van der Waals surface area contributed by atoms with Crippen molar-refractivity contribution in [1.29, 1.82) is 0 Å². The number of rotatable bonds is 3. The van der Waals surface area contributed by atoms with E-state index in [1.165, 1.54) is 12.1 Å². The fourth-order valence-electron chi connectivity index (χ4n) is 2.64. The van der Waals surface area contributed by atoms with E-state index in [1.807, 2.05) is 6.07 Å². The summed E-state index contributed by atoms with van der Waals surface area (Å²) in [6, 6.07) is 6.47. The molecule has 6 heteroatoms. The number of benzene rings is 1. The molecule has 1 aromatic rings. The first-order valence-electron chi connectivity index (χ1n) is 7.08. The third kappa shape index (κ3) is 4.27. The zero-order valence-electron chi connectivity index (χ0n) is 12.5. The minimum atomic E-state index is -4.66. The Labute approximate surface area is 123 Å². The average Bonchev–Trinajstić information content (AvgIpc) is 2.36. The van der Waals surface area contributed by atoms with Gasteiger partial charge in [0.25, 0.3) is 0 Å². The number of ether oxygens (including phenoxy) is 1. The molecule has 1 unspecified atom stereocenters. The van der Waals surface area contributed by atoms with E-state index in [1.54, 1.807) is 6.07 Å². The van der Waals surface area contributed by atoms with Crippen LogP contribution in [0.15, 0.2) is 24.3 Å². The van der Waals surface area contributed by atoms with Crippen LogP contribution in [0.3, 0.4) is 0 Å². The van der Waals surface area contributed by atoms with Gasteiger partial charge in [0.05, 0.1) is 0 Å². The lowest BCUT2D eigenvalue weighted by Crippen LogP contribution is -2.61. The number of hydrogen-bond donors (Lipinski definition) is 1. The second-order valence-electron chi connectivity index (χ2n) is 6.00. The third-order valence-corrected chi connectivity index (χ3v) is 3.68. The summed E-state index contributed by atoms with van der Waals surface area (Å²) in [7, 11) is 0. The standard InChI is InChI=1S/C15H21F3N2O/c1-4-11-9-19-14(2,3)10-20(11)12-6-5-7-13(8-12)21-15(16,17)18/h5-8,11,19H,4,9-10H2,1-3H3. The predicted molar refractivity (Wildman–Crippen MR) is 76.6 cm³/mol. The molecular weight excluding hydrogens is 281 g/mol. The van der Waals surface area contributed by atoms with Crippen molar-refractivity contribution in [1.82, 2.24) is 5.32 Å². The maximum atomic E-state index is 12.3. The van der Waals surface area contributed by atoms with Gasteiger partial charge in [-0.15, -0.1) is 13.2 Å². The SMILES string of the molecule is CCC1CNC(C)(C)CN1c1cccc(OC(F)(F)F)c1. The molecule has 1 atom stereocenters. The van der Waals surface area contributed by atoms with E-state index in [9.17, 15) is 13.2 Å². The Morgan fingerprint density at radius 1 is 1.38 bits per heavy atom. The Bertz CT molecular complexity index is 488. The van der Waals surface area contributed by atoms with Crippen LogP contribution in [-0.4, -0.2) is 31.0 Å². The van der Waals surface area contributed by atoms with E-state index >= 15 is 0 Å². The van der Waals surface area contributed by atoms with Crippen molar-refractivity contribution in [3.63, 3.8) is 0 Å². The highest BCUT2D eigenvalue weighted by Crippen LogP contribution is 2.30. The number of nitrogens with one attached hydrogen (secondary N) is 1. The summed E-state index contributed by atoms with van der Waals surface area (Å²) in [6.07, 6.45) is -3.74. The van der Waals surface area contributed by atoms with Gasteiger partial charge in [-0.1, -0.05) is 13.0 Å². The van der Waals surface area contributed by atoms with Crippen LogP contribution in [0.2, 0.25) is 0 Å². The van der Waals surface area contributed by atoms with E-state index in [-0.39, 0.29) is 17.3 Å². The van der Waals surface area contributed by atoms with Crippen molar-refractivity contribution in [3.8, 4) is 5.75 Å². The molecule has 0 radical (unpaired) electrons. The summed E-state index contributed by atoms with van der Waals surface area (Å²) in [5, 5.41) is 3.46. The molecule has 1 aliphatic heterocycles. The van der Waals surface area contributed by atoms with Crippen molar-refractivity contribution >= 4 is 5.69 Å². The molecule has 1 aliphatic rings. The average molecular weight is 302 g/mol. The van der Waals surface area contributed by atoms with E-state index in [0.717, 1.165) is 25.2 Å². The van der Waals surface area contributed by atoms with Crippen molar-refractivity contribution in [2.24, 2.45) is 0 Å². The van der Waals surface area contributed by atoms with Gasteiger partial charge in [0, 0.05) is 36.4 Å². The van der Waals surface area contributed by atoms with Gasteiger partial charge in [-0.3, -0.25) is 0 Å². The molecule has 0 saturated carbocycles. The number of anilines is 1. The maximum absolute atomic E-state index is 12.3. The van der Waals surface area contributed by atoms with Gasteiger partial charge in [-0.2, -0.15) is 0 Å². The van der Waals surface area contributed by atoms with Gasteiger partial charge in [-0.25, -0.2) is 0 Å². The second kappa shape index (κ2) is 5.75. The first kappa shape index (κ1) is 15.9. The number of nitrogens with zero attached hydrogens (tertiary/aromatic N) is 1. The summed E-state index contributed by atoms with van der Waals surface area (Å²) in [5.41, 5.74) is 0.685. The molecule has 1 N–H and O–H groups in total. The molecule has 2 rings (SSSR count). The van der Waals surface area contributed by atoms with Crippen LogP contribution in [-0.2, 0) is 0 Å². The van der Waals surface area contributed by atoms with E-state index < -0.39 is 6.36 Å². The molecule has 0 amide bonds. The highest BCUT2D eigenvalue weighted by Gasteiger charge is 2.33. The van der Waals surface area contributed by atoms with E-state index in [4.69, 9.17) is 0 Å². The topological polar surface area (TPSA) is 24.5 Å². The molecule has 0 bridgehead atoms. The molecule has 21 heavy (non-hydrogen) atoms. The molecule has 0 aliphatic carbocycles. The maximum Gasteiger partial charge on any atom is 0.573 e. The summed E-state index contributed by atoms with van der Waals surface area (Å²) in [6.45, 7) is 7.80. The quantitative estimate of drug-likeness (QED) is 0.924. The molecule has 1 heterocycles. The highest BCUT2D eigenvalue weighted by atomic mass is 19.4. The smallest absolute Gasteiger partial charge is 0.406 e. The fraction of sp³-hybridized carbons (Fsp3) is 0.600. The zero-order chi connectivity index (χ0) is 15.7. The number of hydrogen-bond acceptors (Lipinski definition) is 3. The normalized spacial score (nSPS) is 22.2. The number of piperazine rings is 1. The Balaban J connectivity index is 2.24. The van der Waals surface area contributed by atoms with Gasteiger partial charge in [0.1, 0.15) is 5.75 Å². The molecule has 0 aromatic heterocycles. The predicted octanol–water partition coefficient (Wildman–Crippen LogP) is 3.55. The van der Waals surface area contributed by atoms with Crippen LogP contribution in [0.5, 0.6) is 5.75 Å². The number of halogens is 3. The summed E-state index contributed by atoms with van der Waals surface area (Å²) >= 11 is 0. The van der Waals surface area contributed by atoms with Crippen LogP contribution < -0.4 is 15.0 Å². The highest BCUT2D eigenvalue weighted by molar-refractivity contribution is 5.52. The van der Waals surface area contributed by atoms with Crippen LogP contribution in [0.25, 0.3) is 0 Å². The van der Waals surface area contributed by atoms with Crippen LogP contribution in [0.4, 0.5) is 18.9 Å². The van der Waals surface area contributed by atoms with Crippen molar-refractivity contribution < 1.29 is 17.9 Å². The lowest BCUT2D eigenvalue weighted by atomic mass is 9.97. The lowest BCUT2D eigenvalue weighted by molar-refractivity contribution is -0.274. The van der Waals surface area contributed by atoms with Gasteiger partial charge >= 0.3 is 6.36 Å². The molecule has 0 spiro atoms. The fourth-order valence-corrected chi connectivity index (χ4v) is 2.64. The Hall–Kier alpha value is -1.43. The number of alkyl halides is 3. The monoisotopic (exact) mass is 302 g/mol. The van der Waals surface area contributed by atoms with Gasteiger partial charge in [-0.05, 0) is 32.4 Å². The Kier molecular flexibility index (Phi) is 4.37. The molecular formula is C15H21F3N2O. The molecule has 118 valence electrons. The van der Waals surface area contributed by atoms with Crippen molar-refractivity contribution in [2.45, 2.75) is 45.1 Å². The zero-order valence-corrected chi connectivity index (χ0v) is 12.5. The Morgan fingerprint density at radius 3 is 2.71 bits per heavy atom. The first-order chi connectivity index (χ1) is 9.70. The van der Waals surface area contributed by atoms with Crippen LogP contribution in [0, 0.1) is 0 Å². The molecule has 1 fully saturated rings. The summed E-state index contributed by atoms with van der Waals surface area (Å²) in [4.78, 5) is 2.15. The van der Waals surface area contributed by atoms with Crippen molar-refractivity contribution in [2.75, 3.05) is 18.0 Å². The van der Waals surface area contributed by atoms with Crippen LogP contribution in [0.1, 0.15) is 27.2 Å². The third-order valence-electron chi connectivity index (χ3n) is 3.68. The van der Waals surface area contributed by atoms with E-state index in [2.05, 4.69) is 35.7 Å². The lowest BCUT2D eigenvalue weighted by Gasteiger charge is -2.45. The molecule has 1 saturated heterocycles. The summed E-state index contributed by atoms with van der Waals surface area (Å²) < 4.78 is 41.0. The van der Waals surface area contributed by atoms with E-state index in [0.29, 0.717) is 0 Å². The minimum absolute atomic E-state index is 0.0768. The molecule has 1 aromatic carbocycles.